The lowest BCUT2D eigenvalue weighted by atomic mass is 9.86. The van der Waals surface area contributed by atoms with Crippen molar-refractivity contribution in [2.24, 2.45) is 5.92 Å². The highest BCUT2D eigenvalue weighted by Gasteiger charge is 2.24. The first-order valence-electron chi connectivity index (χ1n) is 8.06. The maximum Gasteiger partial charge on any atom is 0.0862 e. The molecule has 3 unspecified atom stereocenters. The topological polar surface area (TPSA) is 67.3 Å². The highest BCUT2D eigenvalue weighted by molar-refractivity contribution is 5.46. The Morgan fingerprint density at radius 1 is 1.43 bits per heavy atom. The highest BCUT2D eigenvalue weighted by Crippen LogP contribution is 2.26. The van der Waals surface area contributed by atoms with Crippen molar-refractivity contribution in [3.63, 3.8) is 0 Å². The smallest absolute Gasteiger partial charge is 0.0862 e. The third-order valence-corrected chi connectivity index (χ3v) is 4.85. The predicted octanol–water partition coefficient (Wildman–Crippen LogP) is 1.95. The van der Waals surface area contributed by atoms with Crippen LogP contribution in [0.2, 0.25) is 0 Å². The van der Waals surface area contributed by atoms with Crippen molar-refractivity contribution in [2.45, 2.75) is 65.1 Å². The molecule has 5 nitrogen and oxygen atoms in total. The van der Waals surface area contributed by atoms with Gasteiger partial charge in [-0.15, -0.1) is 0 Å². The van der Waals surface area contributed by atoms with E-state index in [2.05, 4.69) is 24.0 Å². The minimum absolute atomic E-state index is 0.412. The third-order valence-electron chi connectivity index (χ3n) is 4.85. The summed E-state index contributed by atoms with van der Waals surface area (Å²) in [6, 6.07) is 0.605. The van der Waals surface area contributed by atoms with Crippen LogP contribution in [-0.2, 0) is 6.54 Å². The number of hydrogen-bond acceptors (Lipinski definition) is 4. The molecule has 120 valence electrons. The van der Waals surface area contributed by atoms with Gasteiger partial charge in [-0.05, 0) is 39.7 Å². The monoisotopic (exact) mass is 294 g/mol. The van der Waals surface area contributed by atoms with Crippen LogP contribution in [0.4, 0.5) is 5.69 Å². The molecule has 0 spiro atoms. The van der Waals surface area contributed by atoms with Gasteiger partial charge in [-0.2, -0.15) is 5.10 Å². The van der Waals surface area contributed by atoms with Crippen LogP contribution in [0.5, 0.6) is 0 Å². The Morgan fingerprint density at radius 3 is 2.71 bits per heavy atom. The van der Waals surface area contributed by atoms with Crippen LogP contribution < -0.4 is 5.73 Å². The quantitative estimate of drug-likeness (QED) is 0.871. The van der Waals surface area contributed by atoms with E-state index in [4.69, 9.17) is 5.73 Å². The summed E-state index contributed by atoms with van der Waals surface area (Å²) in [5, 5.41) is 14.7. The number of aliphatic hydroxyl groups excluding tert-OH is 1. The van der Waals surface area contributed by atoms with E-state index >= 15 is 0 Å². The van der Waals surface area contributed by atoms with Gasteiger partial charge in [0.25, 0.3) is 0 Å². The number of hydrogen-bond donors (Lipinski definition) is 2. The Labute approximate surface area is 128 Å². The molecular formula is C16H30N4O. The van der Waals surface area contributed by atoms with Crippen molar-refractivity contribution in [1.82, 2.24) is 14.7 Å². The molecule has 1 aliphatic rings. The summed E-state index contributed by atoms with van der Waals surface area (Å²) in [7, 11) is 2.13. The number of likely N-dealkylation sites (N-methyl/N-ethyl adjacent to an activating group) is 1. The van der Waals surface area contributed by atoms with Crippen molar-refractivity contribution >= 4 is 5.69 Å². The Kier molecular flexibility index (Phi) is 5.27. The third kappa shape index (κ3) is 3.98. The molecule has 0 aromatic carbocycles. The van der Waals surface area contributed by atoms with E-state index < -0.39 is 6.10 Å². The lowest BCUT2D eigenvalue weighted by Gasteiger charge is -2.35. The molecule has 1 heterocycles. The number of nitrogens with two attached hydrogens (primary N) is 1. The summed E-state index contributed by atoms with van der Waals surface area (Å²) >= 11 is 0. The minimum Gasteiger partial charge on any atom is -0.396 e. The van der Waals surface area contributed by atoms with Gasteiger partial charge in [-0.3, -0.25) is 4.68 Å². The Bertz CT molecular complexity index is 471. The van der Waals surface area contributed by atoms with Gasteiger partial charge < -0.3 is 15.7 Å². The van der Waals surface area contributed by atoms with E-state index in [-0.39, 0.29) is 0 Å². The molecule has 0 bridgehead atoms. The van der Waals surface area contributed by atoms with Crippen molar-refractivity contribution < 1.29 is 5.11 Å². The Morgan fingerprint density at radius 2 is 2.14 bits per heavy atom. The lowest BCUT2D eigenvalue weighted by Crippen LogP contribution is -2.41. The van der Waals surface area contributed by atoms with Crippen molar-refractivity contribution in [2.75, 3.05) is 19.3 Å². The first-order valence-corrected chi connectivity index (χ1v) is 8.06. The number of nitrogen functional groups attached to an aromatic ring is 1. The maximum absolute atomic E-state index is 10.4. The normalized spacial score (nSPS) is 24.5. The van der Waals surface area contributed by atoms with Crippen LogP contribution in [0.15, 0.2) is 0 Å². The standard InChI is InChI=1S/C16H30N4O/c1-11-6-5-7-14(8-11)19(4)9-15(21)10-20-13(3)16(17)12(2)18-20/h11,14-15,21H,5-10,17H2,1-4H3. The lowest BCUT2D eigenvalue weighted by molar-refractivity contribution is 0.0705. The van der Waals surface area contributed by atoms with Crippen LogP contribution >= 0.6 is 0 Å². The van der Waals surface area contributed by atoms with Crippen LogP contribution in [0, 0.1) is 19.8 Å². The molecule has 5 heteroatoms. The maximum atomic E-state index is 10.4. The SMILES string of the molecule is Cc1nn(CC(O)CN(C)C2CCCC(C)C2)c(C)c1N. The van der Waals surface area contributed by atoms with Gasteiger partial charge in [-0.1, -0.05) is 19.8 Å². The van der Waals surface area contributed by atoms with Gasteiger partial charge in [-0.25, -0.2) is 0 Å². The van der Waals surface area contributed by atoms with Crippen LogP contribution in [0.1, 0.15) is 44.0 Å². The molecule has 0 amide bonds. The molecule has 2 rings (SSSR count). The molecule has 0 aliphatic heterocycles. The summed E-state index contributed by atoms with van der Waals surface area (Å²) in [4.78, 5) is 2.31. The zero-order valence-corrected chi connectivity index (χ0v) is 13.8. The fourth-order valence-corrected chi connectivity index (χ4v) is 3.43. The molecule has 1 aromatic heterocycles. The van der Waals surface area contributed by atoms with Gasteiger partial charge in [0.15, 0.2) is 0 Å². The van der Waals surface area contributed by atoms with Crippen LogP contribution in [0.25, 0.3) is 0 Å². The number of aryl methyl sites for hydroxylation is 1. The summed E-state index contributed by atoms with van der Waals surface area (Å²) in [6.07, 6.45) is 4.74. The average Bonchev–Trinajstić information content (AvgIpc) is 2.66. The second-order valence-corrected chi connectivity index (χ2v) is 6.79. The van der Waals surface area contributed by atoms with Gasteiger partial charge in [0.2, 0.25) is 0 Å². The largest absolute Gasteiger partial charge is 0.396 e. The minimum atomic E-state index is -0.412. The first-order chi connectivity index (χ1) is 9.88. The van der Waals surface area contributed by atoms with Crippen LogP contribution in [-0.4, -0.2) is 45.5 Å². The zero-order chi connectivity index (χ0) is 15.6. The number of rotatable bonds is 5. The molecule has 0 radical (unpaired) electrons. The van der Waals surface area contributed by atoms with E-state index in [9.17, 15) is 5.11 Å². The molecule has 3 N–H and O–H groups in total. The number of aromatic nitrogens is 2. The molecule has 21 heavy (non-hydrogen) atoms. The van der Waals surface area contributed by atoms with Crippen LogP contribution in [0.3, 0.4) is 0 Å². The molecule has 3 atom stereocenters. The summed E-state index contributed by atoms with van der Waals surface area (Å²) < 4.78 is 1.83. The van der Waals surface area contributed by atoms with E-state index in [0.29, 0.717) is 19.1 Å². The first kappa shape index (κ1) is 16.3. The second kappa shape index (κ2) is 6.79. The summed E-state index contributed by atoms with van der Waals surface area (Å²) in [5.41, 5.74) is 8.46. The van der Waals surface area contributed by atoms with E-state index in [1.54, 1.807) is 0 Å². The second-order valence-electron chi connectivity index (χ2n) is 6.79. The summed E-state index contributed by atoms with van der Waals surface area (Å²) in [6.45, 7) is 7.39. The predicted molar refractivity (Wildman–Crippen MR) is 86.2 cm³/mol. The fraction of sp³-hybridized carbons (Fsp3) is 0.812. The van der Waals surface area contributed by atoms with Gasteiger partial charge in [0.05, 0.1) is 29.7 Å². The number of anilines is 1. The number of aliphatic hydroxyl groups is 1. The molecule has 1 saturated carbocycles. The van der Waals surface area contributed by atoms with Gasteiger partial charge in [0, 0.05) is 12.6 Å². The Balaban J connectivity index is 1.88. The van der Waals surface area contributed by atoms with E-state index in [1.165, 1.54) is 25.7 Å². The van der Waals surface area contributed by atoms with Crippen molar-refractivity contribution in [3.05, 3.63) is 11.4 Å². The highest BCUT2D eigenvalue weighted by atomic mass is 16.3. The van der Waals surface area contributed by atoms with Crippen molar-refractivity contribution in [3.8, 4) is 0 Å². The molecule has 1 aliphatic carbocycles. The fourth-order valence-electron chi connectivity index (χ4n) is 3.43. The zero-order valence-electron chi connectivity index (χ0n) is 13.8. The van der Waals surface area contributed by atoms with E-state index in [1.807, 2.05) is 18.5 Å². The molecular weight excluding hydrogens is 264 g/mol. The average molecular weight is 294 g/mol. The molecule has 1 fully saturated rings. The van der Waals surface area contributed by atoms with Gasteiger partial charge in [0.1, 0.15) is 0 Å². The molecule has 0 saturated heterocycles. The molecule has 1 aromatic rings. The summed E-state index contributed by atoms with van der Waals surface area (Å²) in [5.74, 6) is 0.805. The Hall–Kier alpha value is -1.07. The van der Waals surface area contributed by atoms with E-state index in [0.717, 1.165) is 23.0 Å². The van der Waals surface area contributed by atoms with Gasteiger partial charge >= 0.3 is 0 Å². The van der Waals surface area contributed by atoms with Crippen molar-refractivity contribution in [1.29, 1.82) is 0 Å². The number of nitrogens with zero attached hydrogens (tertiary/aromatic N) is 3.